The van der Waals surface area contributed by atoms with Gasteiger partial charge in [-0.05, 0) is 38.5 Å². The third-order valence-corrected chi connectivity index (χ3v) is 3.22. The van der Waals surface area contributed by atoms with Gasteiger partial charge in [0.05, 0.1) is 11.6 Å². The summed E-state index contributed by atoms with van der Waals surface area (Å²) in [4.78, 5) is 11.2. The lowest BCUT2D eigenvalue weighted by molar-refractivity contribution is -0.120. The van der Waals surface area contributed by atoms with Gasteiger partial charge in [0.2, 0.25) is 5.91 Å². The lowest BCUT2D eigenvalue weighted by Crippen LogP contribution is -2.17. The topological polar surface area (TPSA) is 43.3 Å². The smallest absolute Gasteiger partial charge is 0.219 e. The number of nitrogens with one attached hydrogen (secondary N) is 1. The number of amides is 1. The Labute approximate surface area is 119 Å². The van der Waals surface area contributed by atoms with Crippen LogP contribution in [0.15, 0.2) is 30.5 Å². The molecular formula is C16H22N2O2. The van der Waals surface area contributed by atoms with Crippen LogP contribution in [0.1, 0.15) is 26.7 Å². The van der Waals surface area contributed by atoms with Crippen LogP contribution >= 0.6 is 0 Å². The number of hydrogen-bond acceptors (Lipinski definition) is 2. The fraction of sp³-hybridized carbons (Fsp3) is 0.438. The van der Waals surface area contributed by atoms with Crippen molar-refractivity contribution in [3.05, 3.63) is 30.5 Å². The first-order chi connectivity index (χ1) is 9.61. The summed E-state index contributed by atoms with van der Waals surface area (Å²) in [6.07, 6.45) is 3.61. The van der Waals surface area contributed by atoms with Crippen molar-refractivity contribution in [1.82, 2.24) is 9.88 Å². The monoisotopic (exact) mass is 274 g/mol. The Morgan fingerprint density at radius 1 is 1.35 bits per heavy atom. The zero-order valence-electron chi connectivity index (χ0n) is 12.3. The first-order valence-electron chi connectivity index (χ1n) is 7.07. The van der Waals surface area contributed by atoms with Gasteiger partial charge in [-0.3, -0.25) is 4.79 Å². The van der Waals surface area contributed by atoms with E-state index in [0.29, 0.717) is 6.42 Å². The first-order valence-corrected chi connectivity index (χ1v) is 7.07. The van der Waals surface area contributed by atoms with Crippen LogP contribution in [0.5, 0.6) is 5.75 Å². The van der Waals surface area contributed by atoms with Crippen molar-refractivity contribution in [2.75, 3.05) is 7.05 Å². The highest BCUT2D eigenvalue weighted by Gasteiger charge is 2.08. The molecule has 1 aromatic carbocycles. The van der Waals surface area contributed by atoms with Gasteiger partial charge in [-0.2, -0.15) is 0 Å². The van der Waals surface area contributed by atoms with Gasteiger partial charge in [0.15, 0.2) is 0 Å². The average Bonchev–Trinajstić information content (AvgIpc) is 2.82. The fourth-order valence-electron chi connectivity index (χ4n) is 2.28. The minimum atomic E-state index is 0.0882. The van der Waals surface area contributed by atoms with Crippen LogP contribution in [-0.4, -0.2) is 23.6 Å². The van der Waals surface area contributed by atoms with Crippen molar-refractivity contribution in [3.8, 4) is 5.75 Å². The molecule has 108 valence electrons. The number of rotatable bonds is 6. The van der Waals surface area contributed by atoms with Crippen molar-refractivity contribution < 1.29 is 9.53 Å². The molecule has 1 N–H and O–H groups in total. The highest BCUT2D eigenvalue weighted by Crippen LogP contribution is 2.27. The number of carbonyl (C=O) groups excluding carboxylic acids is 1. The van der Waals surface area contributed by atoms with Crippen LogP contribution in [0.4, 0.5) is 0 Å². The zero-order valence-corrected chi connectivity index (χ0v) is 12.3. The molecule has 0 atom stereocenters. The third kappa shape index (κ3) is 3.32. The van der Waals surface area contributed by atoms with Gasteiger partial charge in [-0.1, -0.05) is 6.07 Å². The van der Waals surface area contributed by atoms with Gasteiger partial charge in [0.25, 0.3) is 0 Å². The van der Waals surface area contributed by atoms with E-state index in [4.69, 9.17) is 4.74 Å². The Hall–Kier alpha value is -1.97. The molecule has 20 heavy (non-hydrogen) atoms. The minimum Gasteiger partial charge on any atom is -0.490 e. The van der Waals surface area contributed by atoms with Gasteiger partial charge in [-0.15, -0.1) is 0 Å². The second-order valence-corrected chi connectivity index (χ2v) is 5.14. The molecule has 1 heterocycles. The molecule has 0 fully saturated rings. The van der Waals surface area contributed by atoms with Crippen LogP contribution < -0.4 is 10.1 Å². The predicted octanol–water partition coefficient (Wildman–Crippen LogP) is 2.95. The first kappa shape index (κ1) is 14.4. The summed E-state index contributed by atoms with van der Waals surface area (Å²) in [5.41, 5.74) is 1.15. The lowest BCUT2D eigenvalue weighted by atomic mass is 10.2. The lowest BCUT2D eigenvalue weighted by Gasteiger charge is -2.11. The van der Waals surface area contributed by atoms with Crippen molar-refractivity contribution in [2.24, 2.45) is 0 Å². The number of ether oxygens (including phenoxy) is 1. The van der Waals surface area contributed by atoms with Gasteiger partial charge < -0.3 is 14.6 Å². The molecule has 0 spiro atoms. The Kier molecular flexibility index (Phi) is 4.66. The summed E-state index contributed by atoms with van der Waals surface area (Å²) >= 11 is 0. The Morgan fingerprint density at radius 3 is 2.85 bits per heavy atom. The van der Waals surface area contributed by atoms with Gasteiger partial charge >= 0.3 is 0 Å². The second kappa shape index (κ2) is 6.46. The van der Waals surface area contributed by atoms with E-state index in [9.17, 15) is 4.79 Å². The van der Waals surface area contributed by atoms with Crippen LogP contribution in [0, 0.1) is 0 Å². The number of carbonyl (C=O) groups is 1. The van der Waals surface area contributed by atoms with E-state index in [0.717, 1.165) is 29.6 Å². The molecule has 0 unspecified atom stereocenters. The number of nitrogens with zero attached hydrogens (tertiary/aromatic N) is 1. The van der Waals surface area contributed by atoms with Gasteiger partial charge in [0.1, 0.15) is 5.75 Å². The molecule has 2 rings (SSSR count). The highest BCUT2D eigenvalue weighted by atomic mass is 16.5. The van der Waals surface area contributed by atoms with E-state index in [2.05, 4.69) is 28.2 Å². The molecule has 0 bridgehead atoms. The molecule has 0 aliphatic heterocycles. The molecular weight excluding hydrogens is 252 g/mol. The quantitative estimate of drug-likeness (QED) is 0.880. The van der Waals surface area contributed by atoms with Crippen LogP contribution in [0.2, 0.25) is 0 Å². The maximum Gasteiger partial charge on any atom is 0.219 e. The zero-order chi connectivity index (χ0) is 14.5. The molecule has 0 saturated heterocycles. The normalized spacial score (nSPS) is 11.0. The fourth-order valence-corrected chi connectivity index (χ4v) is 2.28. The summed E-state index contributed by atoms with van der Waals surface area (Å²) in [5, 5.41) is 3.77. The number of hydrogen-bond donors (Lipinski definition) is 1. The van der Waals surface area contributed by atoms with Crippen LogP contribution in [0.3, 0.4) is 0 Å². The summed E-state index contributed by atoms with van der Waals surface area (Å²) in [6, 6.07) is 8.17. The van der Waals surface area contributed by atoms with E-state index in [-0.39, 0.29) is 12.0 Å². The number of aryl methyl sites for hydroxylation is 1. The Bertz CT molecular complexity index is 587. The standard InChI is InChI=1S/C16H22N2O2/c1-12(2)20-15-7-4-6-14-13(15)9-11-18(14)10-5-8-16(19)17-3/h4,6-7,9,11-12H,5,8,10H2,1-3H3,(H,17,19). The minimum absolute atomic E-state index is 0.0882. The van der Waals surface area contributed by atoms with E-state index in [1.807, 2.05) is 26.0 Å². The van der Waals surface area contributed by atoms with E-state index in [1.165, 1.54) is 0 Å². The molecule has 4 nitrogen and oxygen atoms in total. The molecule has 0 aliphatic carbocycles. The van der Waals surface area contributed by atoms with Crippen molar-refractivity contribution in [3.63, 3.8) is 0 Å². The molecule has 0 aliphatic rings. The number of fused-ring (bicyclic) bond motifs is 1. The SMILES string of the molecule is CNC(=O)CCCn1ccc2c(OC(C)C)cccc21. The van der Waals surface area contributed by atoms with E-state index in [1.54, 1.807) is 7.05 Å². The maximum atomic E-state index is 11.2. The number of aromatic nitrogens is 1. The van der Waals surface area contributed by atoms with Crippen molar-refractivity contribution in [2.45, 2.75) is 39.3 Å². The number of benzene rings is 1. The van der Waals surface area contributed by atoms with E-state index >= 15 is 0 Å². The average molecular weight is 274 g/mol. The highest BCUT2D eigenvalue weighted by molar-refractivity contribution is 5.86. The summed E-state index contributed by atoms with van der Waals surface area (Å²) < 4.78 is 8.00. The van der Waals surface area contributed by atoms with Crippen LogP contribution in [-0.2, 0) is 11.3 Å². The molecule has 0 saturated carbocycles. The molecule has 0 radical (unpaired) electrons. The summed E-state index contributed by atoms with van der Waals surface area (Å²) in [6.45, 7) is 4.89. The van der Waals surface area contributed by atoms with Gasteiger partial charge in [0, 0.05) is 31.6 Å². The third-order valence-electron chi connectivity index (χ3n) is 3.22. The molecule has 2 aromatic rings. The maximum absolute atomic E-state index is 11.2. The Balaban J connectivity index is 2.13. The van der Waals surface area contributed by atoms with Crippen molar-refractivity contribution in [1.29, 1.82) is 0 Å². The molecule has 1 amide bonds. The summed E-state index contributed by atoms with van der Waals surface area (Å²) in [5.74, 6) is 1.01. The van der Waals surface area contributed by atoms with Crippen LogP contribution in [0.25, 0.3) is 10.9 Å². The molecule has 4 heteroatoms. The largest absolute Gasteiger partial charge is 0.490 e. The summed E-state index contributed by atoms with van der Waals surface area (Å²) in [7, 11) is 1.67. The predicted molar refractivity (Wildman–Crippen MR) is 81.0 cm³/mol. The second-order valence-electron chi connectivity index (χ2n) is 5.14. The van der Waals surface area contributed by atoms with Gasteiger partial charge in [-0.25, -0.2) is 0 Å². The molecule has 1 aromatic heterocycles. The Morgan fingerprint density at radius 2 is 2.15 bits per heavy atom. The van der Waals surface area contributed by atoms with E-state index < -0.39 is 0 Å². The van der Waals surface area contributed by atoms with Crippen molar-refractivity contribution >= 4 is 16.8 Å².